The fourth-order valence-corrected chi connectivity index (χ4v) is 7.43. The smallest absolute Gasteiger partial charge is 0.321 e. The Hall–Kier alpha value is -5.09. The van der Waals surface area contributed by atoms with Crippen LogP contribution in [0.15, 0.2) is 72.8 Å². The molecule has 2 fully saturated rings. The second-order valence-corrected chi connectivity index (χ2v) is 13.3. The molecule has 250 valence electrons. The number of hydrogen-bond acceptors (Lipinski definition) is 5. The van der Waals surface area contributed by atoms with Crippen LogP contribution >= 0.6 is 0 Å². The number of rotatable bonds is 8. The number of carbonyl (C=O) groups excluding carboxylic acids is 1. The number of aryl methyl sites for hydroxylation is 4. The van der Waals surface area contributed by atoms with Crippen molar-refractivity contribution < 1.29 is 23.0 Å². The van der Waals surface area contributed by atoms with Crippen LogP contribution in [0, 0.1) is 62.0 Å². The van der Waals surface area contributed by atoms with Crippen molar-refractivity contribution in [3.8, 4) is 12.1 Å². The lowest BCUT2D eigenvalue weighted by Gasteiger charge is -2.36. The van der Waals surface area contributed by atoms with Crippen molar-refractivity contribution in [2.24, 2.45) is 0 Å². The third-order valence-corrected chi connectivity index (χ3v) is 9.36. The lowest BCUT2D eigenvalue weighted by atomic mass is 9.89. The van der Waals surface area contributed by atoms with E-state index in [4.69, 9.17) is 9.47 Å². The molecule has 0 N–H and O–H groups in total. The monoisotopic (exact) mass is 660 g/mol. The molecule has 4 aromatic rings. The van der Waals surface area contributed by atoms with Crippen molar-refractivity contribution in [1.29, 1.82) is 10.5 Å². The third kappa shape index (κ3) is 7.34. The molecule has 0 aliphatic carbocycles. The highest BCUT2D eigenvalue weighted by molar-refractivity contribution is 5.76. The zero-order chi connectivity index (χ0) is 34.8. The maximum absolute atomic E-state index is 15.2. The van der Waals surface area contributed by atoms with Crippen molar-refractivity contribution >= 4 is 6.03 Å². The third-order valence-electron chi connectivity index (χ3n) is 9.36. The van der Waals surface area contributed by atoms with Crippen molar-refractivity contribution in [3.05, 3.63) is 140 Å². The molecule has 4 aromatic carbocycles. The van der Waals surface area contributed by atoms with E-state index < -0.39 is 35.9 Å². The lowest BCUT2D eigenvalue weighted by molar-refractivity contribution is 0.00167. The van der Waals surface area contributed by atoms with Gasteiger partial charge in [-0.2, -0.15) is 10.5 Å². The molecular weight excluding hydrogens is 622 g/mol. The van der Waals surface area contributed by atoms with E-state index in [0.717, 1.165) is 33.4 Å². The molecule has 0 bridgehead atoms. The van der Waals surface area contributed by atoms with Gasteiger partial charge in [-0.1, -0.05) is 70.8 Å². The van der Waals surface area contributed by atoms with Gasteiger partial charge in [-0.05, 0) is 87.1 Å². The number of halogens is 2. The highest BCUT2D eigenvalue weighted by Gasteiger charge is 2.51. The predicted octanol–water partition coefficient (Wildman–Crippen LogP) is 7.34. The second kappa shape index (κ2) is 14.2. The average Bonchev–Trinajstić information content (AvgIpc) is 3.51. The molecule has 2 saturated heterocycles. The molecule has 2 aliphatic heterocycles. The standard InChI is InChI=1S/C40H38F2N4O3/c1-24-9-25(2)12-30(11-24)17-36-38-39(49-23-48-38)37(18-31-13-26(3)10-27(4)14-31)46(22-29-6-8-35(42)33(16-29)20-44)40(47)45(36)21-28-5-7-34(41)32(15-28)19-43/h5-16,36-39H,17-18,21-23H2,1-4H3/t36-,37-,38+,39+/m1/s1. The van der Waals surface area contributed by atoms with Crippen LogP contribution < -0.4 is 0 Å². The average molecular weight is 661 g/mol. The van der Waals surface area contributed by atoms with Gasteiger partial charge in [-0.3, -0.25) is 0 Å². The first kappa shape index (κ1) is 33.8. The zero-order valence-electron chi connectivity index (χ0n) is 28.0. The highest BCUT2D eigenvalue weighted by atomic mass is 19.1. The van der Waals surface area contributed by atoms with Crippen molar-refractivity contribution in [2.45, 2.75) is 77.9 Å². The van der Waals surface area contributed by atoms with E-state index in [1.54, 1.807) is 21.9 Å². The first-order chi connectivity index (χ1) is 23.5. The van der Waals surface area contributed by atoms with Crippen LogP contribution in [0.1, 0.15) is 55.6 Å². The van der Waals surface area contributed by atoms with Crippen LogP contribution in [0.25, 0.3) is 0 Å². The molecule has 2 aliphatic rings. The van der Waals surface area contributed by atoms with Gasteiger partial charge >= 0.3 is 6.03 Å². The minimum Gasteiger partial charge on any atom is -0.347 e. The Labute approximate surface area is 285 Å². The van der Waals surface area contributed by atoms with E-state index >= 15 is 4.79 Å². The van der Waals surface area contributed by atoms with Crippen LogP contribution in [0.5, 0.6) is 0 Å². The Morgan fingerprint density at radius 3 is 1.39 bits per heavy atom. The molecule has 0 saturated carbocycles. The van der Waals surface area contributed by atoms with Gasteiger partial charge < -0.3 is 19.3 Å². The topological polar surface area (TPSA) is 89.6 Å². The van der Waals surface area contributed by atoms with Gasteiger partial charge in [0.2, 0.25) is 0 Å². The summed E-state index contributed by atoms with van der Waals surface area (Å²) in [7, 11) is 0. The van der Waals surface area contributed by atoms with Crippen molar-refractivity contribution in [1.82, 2.24) is 9.80 Å². The summed E-state index contributed by atoms with van der Waals surface area (Å²) in [5.41, 5.74) is 7.41. The molecule has 7 nitrogen and oxygen atoms in total. The zero-order valence-corrected chi connectivity index (χ0v) is 28.0. The molecule has 4 atom stereocenters. The summed E-state index contributed by atoms with van der Waals surface area (Å²) >= 11 is 0. The van der Waals surface area contributed by atoms with Gasteiger partial charge in [-0.15, -0.1) is 0 Å². The van der Waals surface area contributed by atoms with E-state index in [1.165, 1.54) is 24.3 Å². The Morgan fingerprint density at radius 2 is 1.02 bits per heavy atom. The SMILES string of the molecule is Cc1cc(C)cc(C[C@@H]2[C@@H]3OCO[C@H]3[C@@H](Cc3cc(C)cc(C)c3)N(Cc3ccc(F)c(C#N)c3)C(=O)N2Cc2ccc(F)c(C#N)c2)c1. The highest BCUT2D eigenvalue weighted by Crippen LogP contribution is 2.36. The number of nitriles is 2. The number of fused-ring (bicyclic) bond motifs is 1. The fraction of sp³-hybridized carbons (Fsp3) is 0.325. The number of benzene rings is 4. The lowest BCUT2D eigenvalue weighted by Crippen LogP contribution is -2.50. The number of carbonyl (C=O) groups is 1. The molecular formula is C40H38F2N4O3. The number of urea groups is 1. The number of nitrogens with zero attached hydrogens (tertiary/aromatic N) is 4. The maximum Gasteiger partial charge on any atom is 0.321 e. The Morgan fingerprint density at radius 1 is 0.633 bits per heavy atom. The predicted molar refractivity (Wildman–Crippen MR) is 180 cm³/mol. The van der Waals surface area contributed by atoms with E-state index in [9.17, 15) is 19.3 Å². The van der Waals surface area contributed by atoms with Crippen LogP contribution in [-0.2, 0) is 35.4 Å². The van der Waals surface area contributed by atoms with Crippen LogP contribution in [-0.4, -0.2) is 46.9 Å². The number of ether oxygens (including phenoxy) is 2. The summed E-state index contributed by atoms with van der Waals surface area (Å²) < 4.78 is 41.6. The summed E-state index contributed by atoms with van der Waals surface area (Å²) in [4.78, 5) is 18.6. The van der Waals surface area contributed by atoms with Crippen LogP contribution in [0.2, 0.25) is 0 Å². The van der Waals surface area contributed by atoms with Crippen molar-refractivity contribution in [3.63, 3.8) is 0 Å². The van der Waals surface area contributed by atoms with Crippen molar-refractivity contribution in [2.75, 3.05) is 6.79 Å². The number of amides is 2. The van der Waals surface area contributed by atoms with Crippen LogP contribution in [0.4, 0.5) is 13.6 Å². The molecule has 0 radical (unpaired) electrons. The second-order valence-electron chi connectivity index (χ2n) is 13.3. The van der Waals surface area contributed by atoms with Gasteiger partial charge in [0, 0.05) is 13.1 Å². The van der Waals surface area contributed by atoms with Gasteiger partial charge in [-0.25, -0.2) is 13.6 Å². The normalized spacial score (nSPS) is 20.4. The fourth-order valence-electron chi connectivity index (χ4n) is 7.43. The minimum atomic E-state index is -0.632. The summed E-state index contributed by atoms with van der Waals surface area (Å²) in [6, 6.07) is 23.7. The summed E-state index contributed by atoms with van der Waals surface area (Å²) in [5.74, 6) is -1.26. The summed E-state index contributed by atoms with van der Waals surface area (Å²) in [5, 5.41) is 19.2. The molecule has 2 amide bonds. The molecule has 0 aromatic heterocycles. The molecule has 49 heavy (non-hydrogen) atoms. The van der Waals surface area contributed by atoms with E-state index in [2.05, 4.69) is 36.4 Å². The Kier molecular flexibility index (Phi) is 9.78. The molecule has 2 heterocycles. The van der Waals surface area contributed by atoms with Gasteiger partial charge in [0.25, 0.3) is 0 Å². The first-order valence-electron chi connectivity index (χ1n) is 16.3. The van der Waals surface area contributed by atoms with Gasteiger partial charge in [0.05, 0.1) is 23.2 Å². The van der Waals surface area contributed by atoms with E-state index in [1.807, 2.05) is 39.8 Å². The molecule has 0 unspecified atom stereocenters. The molecule has 6 rings (SSSR count). The number of hydrogen-bond donors (Lipinski definition) is 0. The van der Waals surface area contributed by atoms with E-state index in [-0.39, 0.29) is 37.0 Å². The maximum atomic E-state index is 15.2. The minimum absolute atomic E-state index is 0.0438. The first-order valence-corrected chi connectivity index (χ1v) is 16.3. The molecule has 0 spiro atoms. The Bertz CT molecular complexity index is 1800. The largest absolute Gasteiger partial charge is 0.347 e. The Balaban J connectivity index is 1.50. The quantitative estimate of drug-likeness (QED) is 0.197. The van der Waals surface area contributed by atoms with Gasteiger partial charge in [0.15, 0.2) is 0 Å². The van der Waals surface area contributed by atoms with Crippen LogP contribution in [0.3, 0.4) is 0 Å². The van der Waals surface area contributed by atoms with Gasteiger partial charge in [0.1, 0.15) is 42.8 Å². The molecule has 9 heteroatoms. The summed E-state index contributed by atoms with van der Waals surface area (Å²) in [6.45, 7) is 8.34. The van der Waals surface area contributed by atoms with E-state index in [0.29, 0.717) is 24.0 Å². The summed E-state index contributed by atoms with van der Waals surface area (Å²) in [6.07, 6.45) is -0.122.